The van der Waals surface area contributed by atoms with Gasteiger partial charge in [0.2, 0.25) is 0 Å². The molecule has 0 aromatic heterocycles. The number of carbonyl (C=O) groups is 1. The van der Waals surface area contributed by atoms with Crippen molar-refractivity contribution in [3.8, 4) is 0 Å². The highest BCUT2D eigenvalue weighted by Gasteiger charge is 2.12. The van der Waals surface area contributed by atoms with Crippen LogP contribution in [-0.2, 0) is 9.53 Å². The first-order valence-corrected chi connectivity index (χ1v) is 4.01. The summed E-state index contributed by atoms with van der Waals surface area (Å²) >= 11 is 0. The van der Waals surface area contributed by atoms with Gasteiger partial charge in [-0.3, -0.25) is 4.99 Å². The number of carboxylic acids is 1. The number of aliphatic carboxylic acids is 1. The second-order valence-corrected chi connectivity index (χ2v) is 2.50. The fourth-order valence-corrected chi connectivity index (χ4v) is 0.665. The summed E-state index contributed by atoms with van der Waals surface area (Å²) in [7, 11) is 1.40. The second-order valence-electron chi connectivity index (χ2n) is 2.50. The minimum atomic E-state index is -2.86. The molecule has 0 radical (unpaired) electrons. The molecule has 0 saturated carbocycles. The molecule has 0 aliphatic carbocycles. The van der Waals surface area contributed by atoms with Gasteiger partial charge in [0.1, 0.15) is 11.4 Å². The number of nitrogens with two attached hydrogens (primary N) is 1. The maximum Gasteiger partial charge on any atom is 0.351 e. The van der Waals surface area contributed by atoms with E-state index in [-0.39, 0.29) is 13.2 Å². The molecule has 0 aliphatic rings. The van der Waals surface area contributed by atoms with Crippen LogP contribution in [0.15, 0.2) is 16.8 Å². The van der Waals surface area contributed by atoms with Crippen LogP contribution in [-0.4, -0.2) is 43.5 Å². The van der Waals surface area contributed by atoms with Crippen LogP contribution in [0.3, 0.4) is 0 Å². The number of hydrogen-bond donors (Lipinski definition) is 2. The number of nitrogens with zero attached hydrogens (tertiary/aromatic N) is 1. The largest absolute Gasteiger partial charge is 0.477 e. The second kappa shape index (κ2) is 6.88. The van der Waals surface area contributed by atoms with Crippen molar-refractivity contribution in [2.45, 2.75) is 6.43 Å². The van der Waals surface area contributed by atoms with Crippen molar-refractivity contribution in [3.63, 3.8) is 0 Å². The molecule has 0 aromatic carbocycles. The number of carboxylic acid groups (broad SMARTS) is 1. The zero-order chi connectivity index (χ0) is 11.8. The minimum Gasteiger partial charge on any atom is -0.477 e. The Morgan fingerprint density at radius 2 is 2.27 bits per heavy atom. The van der Waals surface area contributed by atoms with E-state index in [0.29, 0.717) is 6.08 Å². The Morgan fingerprint density at radius 3 is 2.67 bits per heavy atom. The Balaban J connectivity index is 4.60. The van der Waals surface area contributed by atoms with Crippen LogP contribution >= 0.6 is 0 Å². The molecular weight excluding hydrogens is 210 g/mol. The number of ether oxygens (including phenoxy) is 1. The van der Waals surface area contributed by atoms with Gasteiger partial charge in [-0.2, -0.15) is 0 Å². The number of methoxy groups -OCH3 is 1. The molecule has 0 atom stereocenters. The number of rotatable bonds is 6. The highest BCUT2D eigenvalue weighted by atomic mass is 19.3. The Kier molecular flexibility index (Phi) is 6.19. The van der Waals surface area contributed by atoms with Crippen molar-refractivity contribution in [2.75, 3.05) is 20.3 Å². The maximum absolute atomic E-state index is 12.3. The maximum atomic E-state index is 12.3. The fourth-order valence-electron chi connectivity index (χ4n) is 0.665. The Bertz CT molecular complexity index is 277. The summed E-state index contributed by atoms with van der Waals surface area (Å²) in [4.78, 5) is 13.7. The summed E-state index contributed by atoms with van der Waals surface area (Å²) in [6, 6.07) is 0. The van der Waals surface area contributed by atoms with Gasteiger partial charge in [-0.15, -0.1) is 0 Å². The third kappa shape index (κ3) is 5.74. The van der Waals surface area contributed by atoms with Gasteiger partial charge in [-0.1, -0.05) is 0 Å². The predicted octanol–water partition coefficient (Wildman–Crippen LogP) is 0.266. The van der Waals surface area contributed by atoms with E-state index in [2.05, 4.69) is 9.73 Å². The first kappa shape index (κ1) is 13.5. The molecular formula is C8H12F2N2O3. The predicted molar refractivity (Wildman–Crippen MR) is 50.1 cm³/mol. The molecule has 0 aliphatic heterocycles. The van der Waals surface area contributed by atoms with Crippen LogP contribution in [0.25, 0.3) is 0 Å². The summed E-state index contributed by atoms with van der Waals surface area (Å²) in [5.74, 6) is -1.46. The lowest BCUT2D eigenvalue weighted by Crippen LogP contribution is -2.16. The SMILES string of the molecule is COCCN=C(/C=C(\N)C(=O)O)C(F)F. The van der Waals surface area contributed by atoms with Crippen molar-refractivity contribution in [2.24, 2.45) is 10.7 Å². The summed E-state index contributed by atoms with van der Waals surface area (Å²) in [6.45, 7) is 0.205. The number of halogens is 2. The van der Waals surface area contributed by atoms with Crippen molar-refractivity contribution in [1.82, 2.24) is 0 Å². The highest BCUT2D eigenvalue weighted by molar-refractivity contribution is 6.03. The topological polar surface area (TPSA) is 84.9 Å². The van der Waals surface area contributed by atoms with Gasteiger partial charge in [-0.05, 0) is 6.08 Å². The molecule has 0 amide bonds. The highest BCUT2D eigenvalue weighted by Crippen LogP contribution is 2.01. The number of allylic oxidation sites excluding steroid dienone is 1. The fraction of sp³-hybridized carbons (Fsp3) is 0.500. The average molecular weight is 222 g/mol. The zero-order valence-electron chi connectivity index (χ0n) is 8.11. The van der Waals surface area contributed by atoms with Crippen LogP contribution < -0.4 is 5.73 Å². The molecule has 0 aromatic rings. The van der Waals surface area contributed by atoms with Crippen molar-refractivity contribution in [1.29, 1.82) is 0 Å². The lowest BCUT2D eigenvalue weighted by Gasteiger charge is -2.01. The molecule has 0 heterocycles. The number of alkyl halides is 2. The van der Waals surface area contributed by atoms with Crippen LogP contribution in [0, 0.1) is 0 Å². The van der Waals surface area contributed by atoms with Crippen molar-refractivity contribution in [3.05, 3.63) is 11.8 Å². The third-order valence-corrected chi connectivity index (χ3v) is 1.36. The summed E-state index contributed by atoms with van der Waals surface area (Å²) in [6.07, 6.45) is -2.22. The van der Waals surface area contributed by atoms with Crippen LogP contribution in [0.4, 0.5) is 8.78 Å². The molecule has 0 bridgehead atoms. The van der Waals surface area contributed by atoms with Crippen molar-refractivity contribution < 1.29 is 23.4 Å². The summed E-state index contributed by atoms with van der Waals surface area (Å²) < 4.78 is 29.2. The van der Waals surface area contributed by atoms with E-state index in [9.17, 15) is 13.6 Å². The van der Waals surface area contributed by atoms with Crippen LogP contribution in [0.5, 0.6) is 0 Å². The van der Waals surface area contributed by atoms with Crippen LogP contribution in [0.2, 0.25) is 0 Å². The first-order chi connectivity index (χ1) is 6.99. The molecule has 0 fully saturated rings. The number of aliphatic imine (C=N–C) groups is 1. The minimum absolute atomic E-state index is 0.0274. The molecule has 15 heavy (non-hydrogen) atoms. The van der Waals surface area contributed by atoms with E-state index in [1.165, 1.54) is 7.11 Å². The van der Waals surface area contributed by atoms with E-state index in [1.54, 1.807) is 0 Å². The Morgan fingerprint density at radius 1 is 1.67 bits per heavy atom. The Hall–Kier alpha value is -1.50. The van der Waals surface area contributed by atoms with E-state index >= 15 is 0 Å². The number of hydrogen-bond acceptors (Lipinski definition) is 4. The standard InChI is InChI=1S/C8H12F2N2O3/c1-15-3-2-12-6(7(9)10)4-5(11)8(13)14/h4,7H,2-3,11H2,1H3,(H,13,14)/b5-4-,12-6?. The van der Waals surface area contributed by atoms with E-state index in [1.807, 2.05) is 0 Å². The molecule has 86 valence electrons. The molecule has 0 unspecified atom stereocenters. The summed E-state index contributed by atoms with van der Waals surface area (Å²) in [5, 5.41) is 8.37. The Labute approximate surface area is 85.2 Å². The first-order valence-electron chi connectivity index (χ1n) is 4.01. The van der Waals surface area contributed by atoms with E-state index in [4.69, 9.17) is 10.8 Å². The van der Waals surface area contributed by atoms with Gasteiger partial charge in [0, 0.05) is 7.11 Å². The monoisotopic (exact) mass is 222 g/mol. The molecule has 3 N–H and O–H groups in total. The smallest absolute Gasteiger partial charge is 0.351 e. The van der Waals surface area contributed by atoms with Gasteiger partial charge in [0.05, 0.1) is 13.2 Å². The quantitative estimate of drug-likeness (QED) is 0.383. The average Bonchev–Trinajstić information content (AvgIpc) is 2.15. The van der Waals surface area contributed by atoms with Gasteiger partial charge >= 0.3 is 5.97 Å². The lowest BCUT2D eigenvalue weighted by molar-refractivity contribution is -0.132. The van der Waals surface area contributed by atoms with E-state index < -0.39 is 23.8 Å². The lowest BCUT2D eigenvalue weighted by atomic mass is 10.3. The molecule has 0 saturated heterocycles. The van der Waals surface area contributed by atoms with E-state index in [0.717, 1.165) is 0 Å². The van der Waals surface area contributed by atoms with Gasteiger partial charge in [0.25, 0.3) is 6.43 Å². The van der Waals surface area contributed by atoms with Gasteiger partial charge in [0.15, 0.2) is 0 Å². The molecule has 0 rings (SSSR count). The van der Waals surface area contributed by atoms with Gasteiger partial charge < -0.3 is 15.6 Å². The molecule has 7 heteroatoms. The van der Waals surface area contributed by atoms with Crippen molar-refractivity contribution >= 4 is 11.7 Å². The summed E-state index contributed by atoms with van der Waals surface area (Å²) in [5.41, 5.74) is 3.64. The molecule has 5 nitrogen and oxygen atoms in total. The zero-order valence-corrected chi connectivity index (χ0v) is 8.11. The van der Waals surface area contributed by atoms with Gasteiger partial charge in [-0.25, -0.2) is 13.6 Å². The normalized spacial score (nSPS) is 13.3. The van der Waals surface area contributed by atoms with Crippen LogP contribution in [0.1, 0.15) is 0 Å². The molecule has 0 spiro atoms. The third-order valence-electron chi connectivity index (χ3n) is 1.36.